The van der Waals surface area contributed by atoms with E-state index >= 15 is 0 Å². The van der Waals surface area contributed by atoms with Crippen LogP contribution in [0.1, 0.15) is 195 Å². The Labute approximate surface area is 240 Å². The molecule has 38 heavy (non-hydrogen) atoms. The Hall–Kier alpha value is -0.120. The maximum atomic E-state index is 6.21. The lowest BCUT2D eigenvalue weighted by atomic mass is 9.91. The molecule has 1 unspecified atom stereocenters. The number of rotatable bonds is 32. The summed E-state index contributed by atoms with van der Waals surface area (Å²) in [6.45, 7) is 12.7. The summed E-state index contributed by atoms with van der Waals surface area (Å²) >= 11 is 0. The Bertz CT molecular complexity index is 422. The zero-order valence-electron chi connectivity index (χ0n) is 27.1. The Morgan fingerprint density at radius 3 is 0.816 bits per heavy atom. The summed E-state index contributed by atoms with van der Waals surface area (Å²) in [7, 11) is 0. The van der Waals surface area contributed by atoms with E-state index in [0.717, 1.165) is 12.8 Å². The molecule has 0 rings (SSSR count). The molecule has 1 atom stereocenters. The van der Waals surface area contributed by atoms with Crippen molar-refractivity contribution in [2.24, 2.45) is 5.92 Å². The van der Waals surface area contributed by atoms with Crippen LogP contribution in [0.3, 0.4) is 0 Å². The molecule has 230 valence electrons. The molecule has 0 N–H and O–H groups in total. The number of hydrogen-bond acceptors (Lipinski definition) is 3. The maximum absolute atomic E-state index is 6.21. The van der Waals surface area contributed by atoms with Crippen LogP contribution in [-0.2, 0) is 14.2 Å². The lowest BCUT2D eigenvalue weighted by Gasteiger charge is -2.39. The minimum atomic E-state index is -0.850. The van der Waals surface area contributed by atoms with Crippen LogP contribution in [0.5, 0.6) is 0 Å². The van der Waals surface area contributed by atoms with Crippen LogP contribution in [0.15, 0.2) is 0 Å². The van der Waals surface area contributed by atoms with E-state index in [1.54, 1.807) is 0 Å². The zero-order chi connectivity index (χ0) is 28.0. The molecule has 0 heterocycles. The Balaban J connectivity index is 4.11. The first-order valence-corrected chi connectivity index (χ1v) is 17.6. The summed E-state index contributed by atoms with van der Waals surface area (Å²) in [4.78, 5) is 0. The molecule has 0 aromatic heterocycles. The van der Waals surface area contributed by atoms with E-state index in [0.29, 0.717) is 25.7 Å². The van der Waals surface area contributed by atoms with Crippen molar-refractivity contribution >= 4 is 0 Å². The fraction of sp³-hybridized carbons (Fsp3) is 1.00. The van der Waals surface area contributed by atoms with Gasteiger partial charge in [-0.15, -0.1) is 0 Å². The van der Waals surface area contributed by atoms with E-state index < -0.39 is 5.97 Å². The van der Waals surface area contributed by atoms with Crippen molar-refractivity contribution in [1.82, 2.24) is 0 Å². The van der Waals surface area contributed by atoms with E-state index in [2.05, 4.69) is 34.6 Å². The SMILES string of the molecule is CCCCCCCCCCCCCCCCCCCC(CCCCCCCC)C(OCC)(OCC)OCC. The van der Waals surface area contributed by atoms with Gasteiger partial charge in [0.15, 0.2) is 0 Å². The van der Waals surface area contributed by atoms with Crippen LogP contribution < -0.4 is 0 Å². The zero-order valence-corrected chi connectivity index (χ0v) is 27.1. The Morgan fingerprint density at radius 1 is 0.342 bits per heavy atom. The van der Waals surface area contributed by atoms with E-state index in [1.807, 2.05) is 0 Å². The molecule has 0 aromatic rings. The molecule has 3 nitrogen and oxygen atoms in total. The standard InChI is InChI=1S/C35H72O3/c1-6-11-13-15-17-18-19-20-21-22-23-24-25-26-27-29-31-33-34(32-30-28-16-14-12-7-2)35(36-8-3,37-9-4)38-10-5/h34H,6-33H2,1-5H3. The highest BCUT2D eigenvalue weighted by Gasteiger charge is 2.41. The second-order valence-electron chi connectivity index (χ2n) is 11.6. The van der Waals surface area contributed by atoms with E-state index in [-0.39, 0.29) is 0 Å². The molecule has 0 aromatic carbocycles. The van der Waals surface area contributed by atoms with Crippen LogP contribution in [0, 0.1) is 5.92 Å². The van der Waals surface area contributed by atoms with Crippen LogP contribution in [-0.4, -0.2) is 25.8 Å². The molecule has 0 fully saturated rings. The molecule has 3 heteroatoms. The summed E-state index contributed by atoms with van der Waals surface area (Å²) in [5.74, 6) is -0.527. The van der Waals surface area contributed by atoms with E-state index in [4.69, 9.17) is 14.2 Å². The highest BCUT2D eigenvalue weighted by Crippen LogP contribution is 2.34. The average Bonchev–Trinajstić information content (AvgIpc) is 2.91. The van der Waals surface area contributed by atoms with Crippen molar-refractivity contribution in [3.63, 3.8) is 0 Å². The van der Waals surface area contributed by atoms with Gasteiger partial charge in [-0.3, -0.25) is 0 Å². The van der Waals surface area contributed by atoms with Gasteiger partial charge in [0.05, 0.1) is 0 Å². The first-order valence-electron chi connectivity index (χ1n) is 17.6. The molecule has 0 aliphatic rings. The highest BCUT2D eigenvalue weighted by molar-refractivity contribution is 4.73. The van der Waals surface area contributed by atoms with Crippen molar-refractivity contribution < 1.29 is 14.2 Å². The Kier molecular flexibility index (Phi) is 29.8. The van der Waals surface area contributed by atoms with Gasteiger partial charge < -0.3 is 14.2 Å². The highest BCUT2D eigenvalue weighted by atomic mass is 16.9. The third-order valence-corrected chi connectivity index (χ3v) is 8.10. The maximum Gasteiger partial charge on any atom is 0.285 e. The minimum absolute atomic E-state index is 0.324. The first-order chi connectivity index (χ1) is 18.7. The topological polar surface area (TPSA) is 27.7 Å². The van der Waals surface area contributed by atoms with Crippen LogP contribution in [0.4, 0.5) is 0 Å². The third-order valence-electron chi connectivity index (χ3n) is 8.10. The fourth-order valence-corrected chi connectivity index (χ4v) is 5.87. The molecule has 0 amide bonds. The van der Waals surface area contributed by atoms with Crippen LogP contribution in [0.25, 0.3) is 0 Å². The number of hydrogen-bond donors (Lipinski definition) is 0. The van der Waals surface area contributed by atoms with Gasteiger partial charge in [0, 0.05) is 25.7 Å². The van der Waals surface area contributed by atoms with E-state index in [1.165, 1.54) is 148 Å². The largest absolute Gasteiger partial charge is 0.328 e. The van der Waals surface area contributed by atoms with Gasteiger partial charge in [0.1, 0.15) is 0 Å². The molecule has 0 radical (unpaired) electrons. The van der Waals surface area contributed by atoms with E-state index in [9.17, 15) is 0 Å². The summed E-state index contributed by atoms with van der Waals surface area (Å²) in [5.41, 5.74) is 0. The molecular formula is C35H72O3. The Morgan fingerprint density at radius 2 is 0.579 bits per heavy atom. The second kappa shape index (κ2) is 29.9. The molecule has 0 aliphatic heterocycles. The van der Waals surface area contributed by atoms with Crippen molar-refractivity contribution in [2.75, 3.05) is 19.8 Å². The average molecular weight is 541 g/mol. The first kappa shape index (κ1) is 37.9. The number of unbranched alkanes of at least 4 members (excludes halogenated alkanes) is 21. The number of ether oxygens (including phenoxy) is 3. The predicted molar refractivity (Wildman–Crippen MR) is 168 cm³/mol. The van der Waals surface area contributed by atoms with Crippen LogP contribution >= 0.6 is 0 Å². The lowest BCUT2D eigenvalue weighted by Crippen LogP contribution is -2.46. The lowest BCUT2D eigenvalue weighted by molar-refractivity contribution is -0.403. The van der Waals surface area contributed by atoms with Crippen LogP contribution in [0.2, 0.25) is 0 Å². The molecule has 0 saturated heterocycles. The summed E-state index contributed by atoms with van der Waals surface area (Å²) in [6, 6.07) is 0. The van der Waals surface area contributed by atoms with Gasteiger partial charge in [0.25, 0.3) is 5.97 Å². The van der Waals surface area contributed by atoms with Gasteiger partial charge in [0.2, 0.25) is 0 Å². The summed E-state index contributed by atoms with van der Waals surface area (Å²) in [6.07, 6.45) is 34.3. The van der Waals surface area contributed by atoms with Crippen molar-refractivity contribution in [3.8, 4) is 0 Å². The molecule has 0 saturated carbocycles. The summed E-state index contributed by atoms with van der Waals surface area (Å²) in [5, 5.41) is 0. The quantitative estimate of drug-likeness (QED) is 0.0627. The van der Waals surface area contributed by atoms with Gasteiger partial charge in [-0.2, -0.15) is 0 Å². The summed E-state index contributed by atoms with van der Waals surface area (Å²) < 4.78 is 18.6. The molecular weight excluding hydrogens is 468 g/mol. The second-order valence-corrected chi connectivity index (χ2v) is 11.6. The predicted octanol–water partition coefficient (Wildman–Crippen LogP) is 12.2. The van der Waals surface area contributed by atoms with Gasteiger partial charge in [-0.25, -0.2) is 0 Å². The molecule has 0 aliphatic carbocycles. The smallest absolute Gasteiger partial charge is 0.285 e. The van der Waals surface area contributed by atoms with Crippen molar-refractivity contribution in [3.05, 3.63) is 0 Å². The molecule has 0 spiro atoms. The van der Waals surface area contributed by atoms with Crippen molar-refractivity contribution in [1.29, 1.82) is 0 Å². The van der Waals surface area contributed by atoms with Crippen molar-refractivity contribution in [2.45, 2.75) is 201 Å². The third kappa shape index (κ3) is 21.7. The minimum Gasteiger partial charge on any atom is -0.328 e. The van der Waals surface area contributed by atoms with Gasteiger partial charge >= 0.3 is 0 Å². The normalized spacial score (nSPS) is 12.9. The van der Waals surface area contributed by atoms with Gasteiger partial charge in [-0.05, 0) is 33.6 Å². The monoisotopic (exact) mass is 541 g/mol. The fourth-order valence-electron chi connectivity index (χ4n) is 5.87. The van der Waals surface area contributed by atoms with Gasteiger partial charge in [-0.1, -0.05) is 162 Å². The molecule has 0 bridgehead atoms.